The van der Waals surface area contributed by atoms with Crippen LogP contribution in [0, 0.1) is 11.2 Å². The number of hydrogen-bond donors (Lipinski definition) is 2. The topological polar surface area (TPSA) is 95.4 Å². The normalized spacial score (nSPS) is 15.7. The number of nitrogens with zero attached hydrogens (tertiary/aromatic N) is 2. The molecule has 2 N–H and O–H groups in total. The van der Waals surface area contributed by atoms with Crippen molar-refractivity contribution in [1.29, 1.82) is 5.41 Å². The van der Waals surface area contributed by atoms with Crippen molar-refractivity contribution in [2.75, 3.05) is 11.9 Å². The molecular formula is C24H25FN4O3. The summed E-state index contributed by atoms with van der Waals surface area (Å²) in [5.41, 5.74) is 1.84. The van der Waals surface area contributed by atoms with Crippen LogP contribution in [0.15, 0.2) is 43.0 Å². The molecule has 4 rings (SSSR count). The Bertz CT molecular complexity index is 1080. The summed E-state index contributed by atoms with van der Waals surface area (Å²) in [6, 6.07) is 7.69. The number of carbonyl (C=O) groups excluding carboxylic acids is 2. The van der Waals surface area contributed by atoms with Gasteiger partial charge in [-0.05, 0) is 73.6 Å². The van der Waals surface area contributed by atoms with Crippen molar-refractivity contribution < 1.29 is 18.7 Å². The van der Waals surface area contributed by atoms with Crippen LogP contribution in [-0.4, -0.2) is 40.2 Å². The Hall–Kier alpha value is -3.55. The average molecular weight is 436 g/mol. The molecule has 0 atom stereocenters. The highest BCUT2D eigenvalue weighted by molar-refractivity contribution is 6.06. The minimum atomic E-state index is -0.647. The molecule has 32 heavy (non-hydrogen) atoms. The molecule has 2 heterocycles. The van der Waals surface area contributed by atoms with Gasteiger partial charge in [-0.15, -0.1) is 0 Å². The lowest BCUT2D eigenvalue weighted by atomic mass is 9.96. The van der Waals surface area contributed by atoms with Gasteiger partial charge in [0.25, 0.3) is 5.91 Å². The number of aromatic nitrogens is 1. The number of benzene rings is 1. The molecule has 1 aliphatic carbocycles. The predicted molar refractivity (Wildman–Crippen MR) is 118 cm³/mol. The van der Waals surface area contributed by atoms with Crippen molar-refractivity contribution >= 4 is 23.5 Å². The molecule has 1 saturated carbocycles. The van der Waals surface area contributed by atoms with Crippen LogP contribution >= 0.6 is 0 Å². The Labute approximate surface area is 185 Å². The van der Waals surface area contributed by atoms with E-state index in [0.717, 1.165) is 36.8 Å². The molecule has 166 valence electrons. The molecule has 2 aromatic rings. The number of halogens is 1. The Morgan fingerprint density at radius 1 is 1.25 bits per heavy atom. The van der Waals surface area contributed by atoms with Crippen LogP contribution in [0.2, 0.25) is 0 Å². The van der Waals surface area contributed by atoms with Crippen LogP contribution in [-0.2, 0) is 17.7 Å². The van der Waals surface area contributed by atoms with Gasteiger partial charge in [0.1, 0.15) is 17.7 Å². The standard InChI is InChI=1S/C24H25FN4O3/c1-2-20(26)21-8-5-9-22(27-21)28-23(30)18-12-16-14-29(11-10-15(16)13-19(18)25)24(31)32-17-6-3-4-7-17/h2,5,8-9,12-13,17,26H,1,3-4,6-7,10-11,14H2,(H,27,28,30). The molecule has 1 aromatic heterocycles. The molecule has 1 aromatic carbocycles. The van der Waals surface area contributed by atoms with E-state index < -0.39 is 11.7 Å². The van der Waals surface area contributed by atoms with Gasteiger partial charge < -0.3 is 15.0 Å². The number of hydrogen-bond acceptors (Lipinski definition) is 5. The fraction of sp³-hybridized carbons (Fsp3) is 0.333. The van der Waals surface area contributed by atoms with E-state index in [2.05, 4.69) is 16.9 Å². The molecule has 7 nitrogen and oxygen atoms in total. The van der Waals surface area contributed by atoms with E-state index in [4.69, 9.17) is 10.1 Å². The van der Waals surface area contributed by atoms with Crippen LogP contribution in [0.1, 0.15) is 52.9 Å². The van der Waals surface area contributed by atoms with E-state index in [1.807, 2.05) is 0 Å². The maximum Gasteiger partial charge on any atom is 0.410 e. The molecular weight excluding hydrogens is 411 g/mol. The number of allylic oxidation sites excluding steroid dienone is 1. The third-order valence-corrected chi connectivity index (χ3v) is 5.84. The number of nitrogens with one attached hydrogen (secondary N) is 2. The number of pyridine rings is 1. The average Bonchev–Trinajstić information content (AvgIpc) is 3.30. The number of rotatable bonds is 5. The van der Waals surface area contributed by atoms with Crippen LogP contribution in [0.3, 0.4) is 0 Å². The highest BCUT2D eigenvalue weighted by atomic mass is 19.1. The lowest BCUT2D eigenvalue weighted by molar-refractivity contribution is 0.0618. The molecule has 1 aliphatic heterocycles. The summed E-state index contributed by atoms with van der Waals surface area (Å²) in [4.78, 5) is 31.1. The molecule has 0 unspecified atom stereocenters. The summed E-state index contributed by atoms with van der Waals surface area (Å²) in [5.74, 6) is -1.07. The predicted octanol–water partition coefficient (Wildman–Crippen LogP) is 4.46. The van der Waals surface area contributed by atoms with Crippen LogP contribution < -0.4 is 5.32 Å². The fourth-order valence-electron chi connectivity index (χ4n) is 4.08. The van der Waals surface area contributed by atoms with Gasteiger partial charge in [0.15, 0.2) is 0 Å². The van der Waals surface area contributed by atoms with Gasteiger partial charge >= 0.3 is 6.09 Å². The van der Waals surface area contributed by atoms with Crippen LogP contribution in [0.5, 0.6) is 0 Å². The SMILES string of the molecule is C=CC(=N)c1cccc(NC(=O)c2cc3c(cc2F)CCN(C(=O)OC2CCCC2)C3)n1. The second-order valence-corrected chi connectivity index (χ2v) is 8.04. The van der Waals surface area contributed by atoms with Crippen LogP contribution in [0.4, 0.5) is 15.0 Å². The summed E-state index contributed by atoms with van der Waals surface area (Å²) >= 11 is 0. The van der Waals surface area contributed by atoms with Gasteiger partial charge in [0, 0.05) is 13.1 Å². The quantitative estimate of drug-likeness (QED) is 0.677. The smallest absolute Gasteiger partial charge is 0.410 e. The second-order valence-electron chi connectivity index (χ2n) is 8.04. The minimum absolute atomic E-state index is 0.0238. The number of fused-ring (bicyclic) bond motifs is 1. The monoisotopic (exact) mass is 436 g/mol. The van der Waals surface area contributed by atoms with Gasteiger partial charge in [0.2, 0.25) is 0 Å². The lowest BCUT2D eigenvalue weighted by Gasteiger charge is -2.29. The summed E-state index contributed by atoms with van der Waals surface area (Å²) in [6.45, 7) is 4.26. The maximum absolute atomic E-state index is 14.7. The van der Waals surface area contributed by atoms with E-state index in [9.17, 15) is 14.0 Å². The van der Waals surface area contributed by atoms with Crippen LogP contribution in [0.25, 0.3) is 0 Å². The summed E-state index contributed by atoms with van der Waals surface area (Å²) in [5, 5.41) is 10.4. The van der Waals surface area contributed by atoms with Gasteiger partial charge in [-0.2, -0.15) is 0 Å². The number of amides is 2. The van der Waals surface area contributed by atoms with E-state index in [1.165, 1.54) is 18.2 Å². The largest absolute Gasteiger partial charge is 0.446 e. The highest BCUT2D eigenvalue weighted by Crippen LogP contribution is 2.26. The zero-order valence-electron chi connectivity index (χ0n) is 17.7. The third kappa shape index (κ3) is 4.69. The molecule has 0 saturated heterocycles. The highest BCUT2D eigenvalue weighted by Gasteiger charge is 2.27. The molecule has 0 radical (unpaired) electrons. The first-order valence-corrected chi connectivity index (χ1v) is 10.7. The Balaban J connectivity index is 1.49. The third-order valence-electron chi connectivity index (χ3n) is 5.84. The van der Waals surface area contributed by atoms with E-state index >= 15 is 0 Å². The van der Waals surface area contributed by atoms with Crippen molar-refractivity contribution in [3.63, 3.8) is 0 Å². The van der Waals surface area contributed by atoms with E-state index in [0.29, 0.717) is 18.7 Å². The second kappa shape index (κ2) is 9.30. The van der Waals surface area contributed by atoms with Crippen molar-refractivity contribution in [2.24, 2.45) is 0 Å². The Kier molecular flexibility index (Phi) is 6.30. The summed E-state index contributed by atoms with van der Waals surface area (Å²) in [6.07, 6.45) is 5.41. The van der Waals surface area contributed by atoms with E-state index in [-0.39, 0.29) is 35.8 Å². The van der Waals surface area contributed by atoms with Gasteiger partial charge in [0.05, 0.1) is 17.0 Å². The van der Waals surface area contributed by atoms with Crippen molar-refractivity contribution in [2.45, 2.75) is 44.8 Å². The number of anilines is 1. The summed E-state index contributed by atoms with van der Waals surface area (Å²) < 4.78 is 20.3. The van der Waals surface area contributed by atoms with Crippen molar-refractivity contribution in [3.05, 3.63) is 71.2 Å². The zero-order valence-corrected chi connectivity index (χ0v) is 17.7. The van der Waals surface area contributed by atoms with Gasteiger partial charge in [-0.1, -0.05) is 12.6 Å². The first-order valence-electron chi connectivity index (χ1n) is 10.7. The van der Waals surface area contributed by atoms with Crippen molar-refractivity contribution in [1.82, 2.24) is 9.88 Å². The molecule has 0 bridgehead atoms. The Morgan fingerprint density at radius 2 is 2.03 bits per heavy atom. The van der Waals surface area contributed by atoms with Crippen molar-refractivity contribution in [3.8, 4) is 0 Å². The van der Waals surface area contributed by atoms with E-state index in [1.54, 1.807) is 23.1 Å². The number of ether oxygens (including phenoxy) is 1. The maximum atomic E-state index is 14.7. The van der Waals surface area contributed by atoms with Gasteiger partial charge in [-0.3, -0.25) is 10.2 Å². The molecule has 1 fully saturated rings. The molecule has 2 amide bonds. The lowest BCUT2D eigenvalue weighted by Crippen LogP contribution is -2.38. The zero-order chi connectivity index (χ0) is 22.7. The first-order chi connectivity index (χ1) is 15.4. The molecule has 2 aliphatic rings. The number of carbonyl (C=O) groups is 2. The molecule has 8 heteroatoms. The van der Waals surface area contributed by atoms with Gasteiger partial charge in [-0.25, -0.2) is 14.2 Å². The Morgan fingerprint density at radius 3 is 2.78 bits per heavy atom. The molecule has 0 spiro atoms. The minimum Gasteiger partial charge on any atom is -0.446 e. The fourth-order valence-corrected chi connectivity index (χ4v) is 4.08. The first kappa shape index (κ1) is 21.7. The summed E-state index contributed by atoms with van der Waals surface area (Å²) in [7, 11) is 0.